The maximum atomic E-state index is 12.6. The lowest BCUT2D eigenvalue weighted by Gasteiger charge is -2.09. The molecule has 2 heterocycles. The molecule has 0 aliphatic carbocycles. The van der Waals surface area contributed by atoms with E-state index in [9.17, 15) is 18.5 Å². The molecule has 1 N–H and O–H groups in total. The van der Waals surface area contributed by atoms with Crippen molar-refractivity contribution in [1.82, 2.24) is 9.78 Å². The van der Waals surface area contributed by atoms with Crippen LogP contribution in [0.25, 0.3) is 0 Å². The van der Waals surface area contributed by atoms with Crippen LogP contribution in [0.4, 0.5) is 11.4 Å². The molecule has 134 valence electrons. The van der Waals surface area contributed by atoms with Gasteiger partial charge in [-0.15, -0.1) is 0 Å². The Labute approximate surface area is 144 Å². The Morgan fingerprint density at radius 1 is 1.48 bits per heavy atom. The number of hydrogen-bond acceptors (Lipinski definition) is 6. The molecule has 1 fully saturated rings. The van der Waals surface area contributed by atoms with E-state index in [0.717, 1.165) is 19.4 Å². The van der Waals surface area contributed by atoms with Crippen LogP contribution in [0, 0.1) is 17.0 Å². The first-order chi connectivity index (χ1) is 11.9. The van der Waals surface area contributed by atoms with Gasteiger partial charge in [-0.1, -0.05) is 6.07 Å². The molecule has 1 unspecified atom stereocenters. The first-order valence-electron chi connectivity index (χ1n) is 7.78. The molecule has 1 aliphatic heterocycles. The summed E-state index contributed by atoms with van der Waals surface area (Å²) in [5.41, 5.74) is 0.146. The number of ether oxygens (including phenoxy) is 1. The second-order valence-corrected chi connectivity index (χ2v) is 7.50. The summed E-state index contributed by atoms with van der Waals surface area (Å²) in [6, 6.07) is 3.95. The summed E-state index contributed by atoms with van der Waals surface area (Å²) >= 11 is 0. The number of nitro benzene ring substituents is 1. The number of hydrogen-bond donors (Lipinski definition) is 1. The summed E-state index contributed by atoms with van der Waals surface area (Å²) < 4.78 is 34.7. The molecule has 0 spiro atoms. The highest BCUT2D eigenvalue weighted by Gasteiger charge is 2.23. The maximum Gasteiger partial charge on any atom is 0.273 e. The minimum Gasteiger partial charge on any atom is -0.376 e. The van der Waals surface area contributed by atoms with Crippen LogP contribution in [0.5, 0.6) is 0 Å². The Kier molecular flexibility index (Phi) is 4.73. The van der Waals surface area contributed by atoms with E-state index < -0.39 is 14.9 Å². The summed E-state index contributed by atoms with van der Waals surface area (Å²) in [4.78, 5) is 10.3. The van der Waals surface area contributed by atoms with Gasteiger partial charge in [0.25, 0.3) is 15.7 Å². The largest absolute Gasteiger partial charge is 0.376 e. The zero-order valence-corrected chi connectivity index (χ0v) is 14.4. The Morgan fingerprint density at radius 3 is 2.96 bits per heavy atom. The topological polar surface area (TPSA) is 116 Å². The van der Waals surface area contributed by atoms with Gasteiger partial charge in [-0.2, -0.15) is 5.10 Å². The molecule has 1 aromatic carbocycles. The third-order valence-corrected chi connectivity index (χ3v) is 5.57. The van der Waals surface area contributed by atoms with Gasteiger partial charge in [0.1, 0.15) is 0 Å². The first kappa shape index (κ1) is 17.4. The van der Waals surface area contributed by atoms with Crippen LogP contribution in [-0.2, 0) is 21.3 Å². The first-order valence-corrected chi connectivity index (χ1v) is 9.26. The van der Waals surface area contributed by atoms with Crippen molar-refractivity contribution in [2.75, 3.05) is 11.3 Å². The third kappa shape index (κ3) is 3.80. The normalized spacial score (nSPS) is 17.6. The van der Waals surface area contributed by atoms with Crippen molar-refractivity contribution in [1.29, 1.82) is 0 Å². The summed E-state index contributed by atoms with van der Waals surface area (Å²) in [5, 5.41) is 15.1. The molecular formula is C15H18N4O5S. The number of nitro groups is 1. The van der Waals surface area contributed by atoms with Gasteiger partial charge < -0.3 is 4.74 Å². The Morgan fingerprint density at radius 2 is 2.28 bits per heavy atom. The van der Waals surface area contributed by atoms with Crippen molar-refractivity contribution in [3.05, 3.63) is 46.3 Å². The summed E-state index contributed by atoms with van der Waals surface area (Å²) in [7, 11) is -3.95. The van der Waals surface area contributed by atoms with Gasteiger partial charge in [0.2, 0.25) is 0 Å². The molecule has 10 heteroatoms. The molecule has 1 aliphatic rings. The summed E-state index contributed by atoms with van der Waals surface area (Å²) in [6.45, 7) is 2.70. The van der Waals surface area contributed by atoms with E-state index in [1.807, 2.05) is 0 Å². The van der Waals surface area contributed by atoms with E-state index in [1.54, 1.807) is 10.9 Å². The molecule has 9 nitrogen and oxygen atoms in total. The minimum absolute atomic E-state index is 0.0865. The van der Waals surface area contributed by atoms with Gasteiger partial charge >= 0.3 is 0 Å². The number of aromatic nitrogens is 2. The lowest BCUT2D eigenvalue weighted by molar-refractivity contribution is -0.385. The van der Waals surface area contributed by atoms with E-state index in [1.165, 1.54) is 31.3 Å². The smallest absolute Gasteiger partial charge is 0.273 e. The molecule has 1 atom stereocenters. The van der Waals surface area contributed by atoms with E-state index in [2.05, 4.69) is 9.82 Å². The Balaban J connectivity index is 1.79. The van der Waals surface area contributed by atoms with Crippen LogP contribution < -0.4 is 4.72 Å². The molecule has 25 heavy (non-hydrogen) atoms. The van der Waals surface area contributed by atoms with Crippen molar-refractivity contribution in [3.63, 3.8) is 0 Å². The van der Waals surface area contributed by atoms with E-state index in [4.69, 9.17) is 4.74 Å². The molecule has 0 radical (unpaired) electrons. The number of anilines is 1. The molecule has 3 rings (SSSR count). The molecule has 1 aromatic heterocycles. The fraction of sp³-hybridized carbons (Fsp3) is 0.400. The molecule has 1 saturated heterocycles. The average molecular weight is 366 g/mol. The predicted octanol–water partition coefficient (Wildman–Crippen LogP) is 2.08. The zero-order chi connectivity index (χ0) is 18.0. The predicted molar refractivity (Wildman–Crippen MR) is 89.8 cm³/mol. The second kappa shape index (κ2) is 6.81. The zero-order valence-electron chi connectivity index (χ0n) is 13.6. The fourth-order valence-electron chi connectivity index (χ4n) is 2.82. The van der Waals surface area contributed by atoms with Gasteiger partial charge in [-0.25, -0.2) is 8.42 Å². The summed E-state index contributed by atoms with van der Waals surface area (Å²) in [6.07, 6.45) is 5.03. The van der Waals surface area contributed by atoms with Gasteiger partial charge in [0.15, 0.2) is 0 Å². The molecule has 0 bridgehead atoms. The highest BCUT2D eigenvalue weighted by Crippen LogP contribution is 2.26. The van der Waals surface area contributed by atoms with Crippen molar-refractivity contribution in [2.45, 2.75) is 37.3 Å². The van der Waals surface area contributed by atoms with Crippen LogP contribution in [0.3, 0.4) is 0 Å². The van der Waals surface area contributed by atoms with Crippen LogP contribution >= 0.6 is 0 Å². The number of sulfonamides is 1. The molecular weight excluding hydrogens is 348 g/mol. The molecule has 0 amide bonds. The van der Waals surface area contributed by atoms with Crippen LogP contribution in [0.15, 0.2) is 35.5 Å². The van der Waals surface area contributed by atoms with Gasteiger partial charge in [0.05, 0.1) is 34.4 Å². The van der Waals surface area contributed by atoms with Crippen molar-refractivity contribution in [3.8, 4) is 0 Å². The SMILES string of the molecule is Cc1c([N+](=O)[O-])cccc1S(=O)(=O)Nc1cnn(CC2CCCO2)c1. The lowest BCUT2D eigenvalue weighted by atomic mass is 10.2. The van der Waals surface area contributed by atoms with Crippen LogP contribution in [0.1, 0.15) is 18.4 Å². The monoisotopic (exact) mass is 366 g/mol. The quantitative estimate of drug-likeness (QED) is 0.618. The molecule has 0 saturated carbocycles. The van der Waals surface area contributed by atoms with Gasteiger partial charge in [-0.05, 0) is 25.8 Å². The number of nitrogens with one attached hydrogen (secondary N) is 1. The maximum absolute atomic E-state index is 12.6. The van der Waals surface area contributed by atoms with Crippen LogP contribution in [0.2, 0.25) is 0 Å². The standard InChI is InChI=1S/C15H18N4O5S/c1-11-14(19(20)21)5-2-6-15(11)25(22,23)17-12-8-16-18(9-12)10-13-4-3-7-24-13/h2,5-6,8-9,13,17H,3-4,7,10H2,1H3. The Hall–Kier alpha value is -2.46. The number of rotatable bonds is 6. The van der Waals surface area contributed by atoms with Crippen LogP contribution in [-0.4, -0.2) is 35.8 Å². The van der Waals surface area contributed by atoms with E-state index in [0.29, 0.717) is 12.2 Å². The number of benzene rings is 1. The van der Waals surface area contributed by atoms with Crippen molar-refractivity contribution in [2.24, 2.45) is 0 Å². The van der Waals surface area contributed by atoms with Crippen molar-refractivity contribution < 1.29 is 18.1 Å². The summed E-state index contributed by atoms with van der Waals surface area (Å²) in [5.74, 6) is 0. The minimum atomic E-state index is -3.95. The highest BCUT2D eigenvalue weighted by molar-refractivity contribution is 7.92. The average Bonchev–Trinajstić information content (AvgIpc) is 3.19. The Bertz CT molecular complexity index is 887. The van der Waals surface area contributed by atoms with E-state index in [-0.39, 0.29) is 22.3 Å². The van der Waals surface area contributed by atoms with E-state index >= 15 is 0 Å². The number of nitrogens with zero attached hydrogens (tertiary/aromatic N) is 3. The second-order valence-electron chi connectivity index (χ2n) is 5.85. The lowest BCUT2D eigenvalue weighted by Crippen LogP contribution is -2.16. The molecule has 2 aromatic rings. The third-order valence-electron chi connectivity index (χ3n) is 4.04. The fourth-order valence-corrected chi connectivity index (χ4v) is 4.11. The van der Waals surface area contributed by atoms with Gasteiger partial charge in [-0.3, -0.25) is 19.5 Å². The van der Waals surface area contributed by atoms with Gasteiger partial charge in [0, 0.05) is 24.4 Å². The highest BCUT2D eigenvalue weighted by atomic mass is 32.2. The van der Waals surface area contributed by atoms with Crippen molar-refractivity contribution >= 4 is 21.4 Å².